The van der Waals surface area contributed by atoms with Crippen molar-refractivity contribution in [1.29, 1.82) is 0 Å². The van der Waals surface area contributed by atoms with Gasteiger partial charge in [0.15, 0.2) is 11.9 Å². The highest BCUT2D eigenvalue weighted by Gasteiger charge is 2.39. The minimum atomic E-state index is -4.56. The van der Waals surface area contributed by atoms with Gasteiger partial charge >= 0.3 is 5.51 Å². The van der Waals surface area contributed by atoms with E-state index in [0.29, 0.717) is 5.92 Å². The summed E-state index contributed by atoms with van der Waals surface area (Å²) >= 11 is -0.646. The summed E-state index contributed by atoms with van der Waals surface area (Å²) < 4.78 is 35.1. The quantitative estimate of drug-likeness (QED) is 0.459. The highest BCUT2D eigenvalue weighted by atomic mass is 32.2. The second-order valence-corrected chi connectivity index (χ2v) is 7.43. The fourth-order valence-electron chi connectivity index (χ4n) is 3.43. The van der Waals surface area contributed by atoms with Crippen molar-refractivity contribution in [3.63, 3.8) is 0 Å². The Morgan fingerprint density at radius 3 is 2.95 bits per heavy atom. The lowest BCUT2D eigenvalue weighted by atomic mass is 9.67. The number of allylic oxidation sites excluding steroid dienone is 1. The Kier molecular flexibility index (Phi) is 5.45. The summed E-state index contributed by atoms with van der Waals surface area (Å²) in [6.45, 7) is 1.50. The Bertz CT molecular complexity index is 456. The molecule has 0 spiro atoms. The van der Waals surface area contributed by atoms with Crippen LogP contribution in [0.5, 0.6) is 0 Å². The molecule has 0 aromatic heterocycles. The van der Waals surface area contributed by atoms with E-state index in [1.807, 2.05) is 13.0 Å². The number of carbonyl (C=O) groups is 1. The van der Waals surface area contributed by atoms with Gasteiger partial charge < -0.3 is 15.0 Å². The first kappa shape index (κ1) is 17.6. The van der Waals surface area contributed by atoms with Crippen molar-refractivity contribution in [3.05, 3.63) is 16.9 Å². The van der Waals surface area contributed by atoms with Crippen LogP contribution in [0.4, 0.5) is 13.2 Å². The van der Waals surface area contributed by atoms with Crippen LogP contribution in [-0.4, -0.2) is 24.5 Å². The van der Waals surface area contributed by atoms with Gasteiger partial charge in [0, 0.05) is 0 Å². The molecule has 2 N–H and O–H groups in total. The molecule has 1 fully saturated rings. The number of alkyl halides is 3. The maximum absolute atomic E-state index is 12.3. The fraction of sp³-hybridized carbons (Fsp3) is 0.786. The van der Waals surface area contributed by atoms with Crippen LogP contribution in [0.2, 0.25) is 0 Å². The zero-order valence-electron chi connectivity index (χ0n) is 12.5. The Labute approximate surface area is 132 Å². The largest absolute Gasteiger partial charge is 0.621 e. The van der Waals surface area contributed by atoms with Crippen LogP contribution >= 0.6 is 11.9 Å². The highest BCUT2D eigenvalue weighted by Crippen LogP contribution is 2.44. The third-order valence-electron chi connectivity index (χ3n) is 4.26. The summed E-state index contributed by atoms with van der Waals surface area (Å²) in [5, 5.41) is 13.7. The second kappa shape index (κ2) is 6.80. The highest BCUT2D eigenvalue weighted by molar-refractivity contribution is 7.93. The van der Waals surface area contributed by atoms with Crippen LogP contribution < -0.4 is 9.79 Å². The molecule has 2 aliphatic carbocycles. The number of halogens is 3. The minimum Gasteiger partial charge on any atom is -0.621 e. The maximum atomic E-state index is 12.3. The Morgan fingerprint density at radius 2 is 2.32 bits per heavy atom. The van der Waals surface area contributed by atoms with E-state index in [0.717, 1.165) is 32.1 Å². The van der Waals surface area contributed by atoms with Gasteiger partial charge in [0.2, 0.25) is 5.91 Å². The lowest BCUT2D eigenvalue weighted by Crippen LogP contribution is -3.02. The topological polar surface area (TPSA) is 56.6 Å². The van der Waals surface area contributed by atoms with Gasteiger partial charge in [-0.05, 0) is 44.9 Å². The molecule has 22 heavy (non-hydrogen) atoms. The smallest absolute Gasteiger partial charge is 0.496 e. The van der Waals surface area contributed by atoms with Crippen LogP contribution in [0, 0.1) is 16.5 Å². The molecule has 0 aromatic carbocycles. The number of amides is 1. The van der Waals surface area contributed by atoms with Crippen LogP contribution in [0.3, 0.4) is 0 Å². The summed E-state index contributed by atoms with van der Waals surface area (Å²) in [5.41, 5.74) is -3.85. The number of hydrogen-bond donors (Lipinski definition) is 2. The molecule has 3 unspecified atom stereocenters. The lowest BCUT2D eigenvalue weighted by molar-refractivity contribution is -0.696. The number of hydrogen-bond acceptors (Lipinski definition) is 3. The molecule has 4 nitrogen and oxygen atoms in total. The second-order valence-electron chi connectivity index (χ2n) is 6.31. The molecular formula is C14H21F3N2O2S. The molecule has 2 rings (SSSR count). The molecule has 0 radical (unpaired) electrons. The third kappa shape index (κ3) is 4.89. The van der Waals surface area contributed by atoms with Crippen molar-refractivity contribution in [2.75, 3.05) is 13.1 Å². The summed E-state index contributed by atoms with van der Waals surface area (Å²) in [4.78, 5) is 12.3. The molecule has 0 saturated heterocycles. The van der Waals surface area contributed by atoms with Crippen molar-refractivity contribution in [2.45, 2.75) is 44.5 Å². The summed E-state index contributed by atoms with van der Waals surface area (Å²) in [6, 6.07) is 0. The van der Waals surface area contributed by atoms with Gasteiger partial charge in [0.05, 0.1) is 12.0 Å². The van der Waals surface area contributed by atoms with Crippen molar-refractivity contribution in [2.24, 2.45) is 11.3 Å². The van der Waals surface area contributed by atoms with Gasteiger partial charge in [0.25, 0.3) is 0 Å². The van der Waals surface area contributed by atoms with Gasteiger partial charge in [-0.1, -0.05) is 11.6 Å². The molecule has 0 heterocycles. The van der Waals surface area contributed by atoms with E-state index in [9.17, 15) is 23.2 Å². The fourth-order valence-corrected chi connectivity index (χ4v) is 3.89. The van der Waals surface area contributed by atoms with E-state index < -0.39 is 27.3 Å². The monoisotopic (exact) mass is 338 g/mol. The first-order valence-electron chi connectivity index (χ1n) is 7.45. The summed E-state index contributed by atoms with van der Waals surface area (Å²) in [7, 11) is 0. The van der Waals surface area contributed by atoms with Gasteiger partial charge in [-0.25, -0.2) is 0 Å². The van der Waals surface area contributed by atoms with Crippen LogP contribution in [0.25, 0.3) is 0 Å². The summed E-state index contributed by atoms with van der Waals surface area (Å²) in [5.74, 6) is 0.327. The SMILES string of the molecule is CC1(C(=O)NCC[NH+]([O-])SC(F)(F)F)C=C2CCCC(C2)C1. The van der Waals surface area contributed by atoms with Gasteiger partial charge in [-0.15, -0.1) is 0 Å². The molecule has 1 amide bonds. The molecule has 3 atom stereocenters. The normalized spacial score (nSPS) is 29.7. The minimum absolute atomic E-state index is 0.0514. The van der Waals surface area contributed by atoms with E-state index in [1.165, 1.54) is 5.57 Å². The maximum Gasteiger partial charge on any atom is 0.496 e. The number of carbonyl (C=O) groups excluding carboxylic acids is 1. The van der Waals surface area contributed by atoms with Crippen LogP contribution in [0.15, 0.2) is 11.6 Å². The summed E-state index contributed by atoms with van der Waals surface area (Å²) in [6.07, 6.45) is 7.17. The number of nitrogens with one attached hydrogen (secondary N) is 2. The zero-order chi connectivity index (χ0) is 16.4. The molecule has 0 aromatic rings. The first-order valence-corrected chi connectivity index (χ1v) is 8.27. The Morgan fingerprint density at radius 1 is 1.59 bits per heavy atom. The number of fused-ring (bicyclic) bond motifs is 2. The van der Waals surface area contributed by atoms with Gasteiger partial charge in [0.1, 0.15) is 6.54 Å². The van der Waals surface area contributed by atoms with E-state index >= 15 is 0 Å². The van der Waals surface area contributed by atoms with Crippen LogP contribution in [-0.2, 0) is 4.79 Å². The van der Waals surface area contributed by atoms with Crippen molar-refractivity contribution in [3.8, 4) is 0 Å². The predicted octanol–water partition coefficient (Wildman–Crippen LogP) is 2.18. The standard InChI is InChI=1S/C14H21F3N2O2S/c1-13(8-10-3-2-4-11(7-10)9-13)12(20)18-5-6-19(21)22-14(15,16)17/h8,11,19H,2-7,9H2,1H3,(H,18,20). The average molecular weight is 338 g/mol. The average Bonchev–Trinajstić information content (AvgIpc) is 2.35. The molecule has 8 heteroatoms. The van der Waals surface area contributed by atoms with Gasteiger partial charge in [-0.3, -0.25) is 4.79 Å². The number of quaternary nitrogens is 1. The molecule has 2 bridgehead atoms. The Hall–Kier alpha value is -0.730. The number of rotatable bonds is 5. The predicted molar refractivity (Wildman–Crippen MR) is 78.6 cm³/mol. The van der Waals surface area contributed by atoms with E-state index in [1.54, 1.807) is 0 Å². The van der Waals surface area contributed by atoms with E-state index in [2.05, 4.69) is 5.32 Å². The zero-order valence-corrected chi connectivity index (χ0v) is 13.3. The van der Waals surface area contributed by atoms with Crippen molar-refractivity contribution in [1.82, 2.24) is 5.32 Å². The molecule has 2 aliphatic rings. The van der Waals surface area contributed by atoms with Crippen LogP contribution in [0.1, 0.15) is 39.0 Å². The molecular weight excluding hydrogens is 317 g/mol. The van der Waals surface area contributed by atoms with Crippen molar-refractivity contribution < 1.29 is 22.4 Å². The molecule has 1 saturated carbocycles. The Balaban J connectivity index is 1.82. The van der Waals surface area contributed by atoms with E-state index in [4.69, 9.17) is 0 Å². The molecule has 0 aliphatic heterocycles. The molecule has 126 valence electrons. The van der Waals surface area contributed by atoms with Crippen molar-refractivity contribution >= 4 is 17.9 Å². The van der Waals surface area contributed by atoms with E-state index in [-0.39, 0.29) is 19.0 Å². The lowest BCUT2D eigenvalue weighted by Gasteiger charge is -2.38. The number of hydroxylamine groups is 1. The van der Waals surface area contributed by atoms with Gasteiger partial charge in [-0.2, -0.15) is 13.2 Å². The first-order chi connectivity index (χ1) is 10.2. The third-order valence-corrected chi connectivity index (χ3v) is 4.92.